The SMILES string of the molecule is COCCn1c(=O)c2cc(NC(=O)Nc3cccc(C(C)=O)c3)ccc2n(CCN2CCCCC2)c1=O. The Morgan fingerprint density at radius 2 is 1.62 bits per heavy atom. The molecule has 1 aliphatic heterocycles. The molecule has 10 nitrogen and oxygen atoms in total. The van der Waals surface area contributed by atoms with E-state index in [1.807, 2.05) is 0 Å². The normalized spacial score (nSPS) is 14.0. The number of rotatable bonds is 9. The van der Waals surface area contributed by atoms with Crippen LogP contribution < -0.4 is 21.9 Å². The highest BCUT2D eigenvalue weighted by Crippen LogP contribution is 2.18. The van der Waals surface area contributed by atoms with Gasteiger partial charge in [0.2, 0.25) is 0 Å². The van der Waals surface area contributed by atoms with E-state index in [0.29, 0.717) is 34.4 Å². The number of likely N-dealkylation sites (tertiary alicyclic amines) is 1. The minimum atomic E-state index is -0.516. The number of ketones is 1. The van der Waals surface area contributed by atoms with Crippen molar-refractivity contribution in [2.24, 2.45) is 0 Å². The second-order valence-corrected chi connectivity index (χ2v) is 9.23. The largest absolute Gasteiger partial charge is 0.383 e. The zero-order chi connectivity index (χ0) is 26.4. The molecule has 3 aromatic rings. The van der Waals surface area contributed by atoms with E-state index in [9.17, 15) is 19.2 Å². The summed E-state index contributed by atoms with van der Waals surface area (Å²) < 4.78 is 7.95. The van der Waals surface area contributed by atoms with Gasteiger partial charge in [-0.2, -0.15) is 0 Å². The van der Waals surface area contributed by atoms with Crippen molar-refractivity contribution in [2.75, 3.05) is 44.0 Å². The Morgan fingerprint density at radius 1 is 0.892 bits per heavy atom. The van der Waals surface area contributed by atoms with Gasteiger partial charge in [0, 0.05) is 37.1 Å². The molecule has 0 saturated carbocycles. The van der Waals surface area contributed by atoms with Crippen molar-refractivity contribution >= 4 is 34.1 Å². The van der Waals surface area contributed by atoms with Gasteiger partial charge in [-0.25, -0.2) is 9.59 Å². The average molecular weight is 508 g/mol. The van der Waals surface area contributed by atoms with Gasteiger partial charge in [0.25, 0.3) is 5.56 Å². The lowest BCUT2D eigenvalue weighted by Crippen LogP contribution is -2.43. The summed E-state index contributed by atoms with van der Waals surface area (Å²) >= 11 is 0. The van der Waals surface area contributed by atoms with Gasteiger partial charge in [0.1, 0.15) is 0 Å². The summed E-state index contributed by atoms with van der Waals surface area (Å²) in [7, 11) is 1.52. The molecule has 1 aliphatic rings. The first-order valence-electron chi connectivity index (χ1n) is 12.5. The zero-order valence-corrected chi connectivity index (χ0v) is 21.3. The van der Waals surface area contributed by atoms with E-state index in [1.165, 1.54) is 25.0 Å². The highest BCUT2D eigenvalue weighted by molar-refractivity contribution is 6.02. The van der Waals surface area contributed by atoms with Gasteiger partial charge >= 0.3 is 11.7 Å². The molecule has 4 rings (SSSR count). The second kappa shape index (κ2) is 12.0. The lowest BCUT2D eigenvalue weighted by atomic mass is 10.1. The van der Waals surface area contributed by atoms with E-state index >= 15 is 0 Å². The van der Waals surface area contributed by atoms with Crippen molar-refractivity contribution < 1.29 is 14.3 Å². The minimum absolute atomic E-state index is 0.102. The molecule has 196 valence electrons. The van der Waals surface area contributed by atoms with Crippen LogP contribution in [0.1, 0.15) is 36.5 Å². The fourth-order valence-corrected chi connectivity index (χ4v) is 4.63. The fraction of sp³-hybridized carbons (Fsp3) is 0.407. The van der Waals surface area contributed by atoms with E-state index in [1.54, 1.807) is 47.0 Å². The van der Waals surface area contributed by atoms with Gasteiger partial charge in [-0.15, -0.1) is 0 Å². The molecule has 0 radical (unpaired) electrons. The van der Waals surface area contributed by atoms with Crippen LogP contribution in [0.4, 0.5) is 16.2 Å². The van der Waals surface area contributed by atoms with Crippen LogP contribution in [0.5, 0.6) is 0 Å². The predicted molar refractivity (Wildman–Crippen MR) is 144 cm³/mol. The third-order valence-electron chi connectivity index (χ3n) is 6.62. The summed E-state index contributed by atoms with van der Waals surface area (Å²) in [5.74, 6) is -0.102. The average Bonchev–Trinajstić information content (AvgIpc) is 2.89. The van der Waals surface area contributed by atoms with E-state index in [0.717, 1.165) is 32.5 Å². The number of hydrogen-bond donors (Lipinski definition) is 2. The molecule has 37 heavy (non-hydrogen) atoms. The van der Waals surface area contributed by atoms with Crippen LogP contribution in [-0.2, 0) is 17.8 Å². The first kappa shape index (κ1) is 26.3. The molecule has 1 saturated heterocycles. The highest BCUT2D eigenvalue weighted by Gasteiger charge is 2.16. The molecule has 0 spiro atoms. The van der Waals surface area contributed by atoms with Crippen molar-refractivity contribution in [3.05, 3.63) is 68.9 Å². The van der Waals surface area contributed by atoms with Gasteiger partial charge in [0.05, 0.1) is 24.1 Å². The molecule has 0 bridgehead atoms. The van der Waals surface area contributed by atoms with E-state index in [4.69, 9.17) is 4.74 Å². The Labute approximate surface area is 214 Å². The van der Waals surface area contributed by atoms with E-state index in [-0.39, 0.29) is 24.6 Å². The van der Waals surface area contributed by atoms with Crippen LogP contribution in [0.25, 0.3) is 10.9 Å². The molecule has 10 heteroatoms. The number of amides is 2. The number of methoxy groups -OCH3 is 1. The Morgan fingerprint density at radius 3 is 2.32 bits per heavy atom. The summed E-state index contributed by atoms with van der Waals surface area (Å²) in [5, 5.41) is 5.78. The van der Waals surface area contributed by atoms with Crippen molar-refractivity contribution in [1.29, 1.82) is 0 Å². The third kappa shape index (κ3) is 6.33. The summed E-state index contributed by atoms with van der Waals surface area (Å²) in [5.41, 5.74) is 1.10. The van der Waals surface area contributed by atoms with Crippen molar-refractivity contribution in [2.45, 2.75) is 39.3 Å². The van der Waals surface area contributed by atoms with Gasteiger partial charge < -0.3 is 20.3 Å². The van der Waals surface area contributed by atoms with Gasteiger partial charge in [0.15, 0.2) is 5.78 Å². The highest BCUT2D eigenvalue weighted by atomic mass is 16.5. The molecular formula is C27H33N5O5. The predicted octanol–water partition coefficient (Wildman–Crippen LogP) is 3.14. The number of carbonyl (C=O) groups excluding carboxylic acids is 2. The minimum Gasteiger partial charge on any atom is -0.383 e. The Hall–Kier alpha value is -3.76. The Bertz CT molecular complexity index is 1400. The number of nitrogens with zero attached hydrogens (tertiary/aromatic N) is 3. The number of hydrogen-bond acceptors (Lipinski definition) is 6. The molecule has 1 aromatic heterocycles. The van der Waals surface area contributed by atoms with Gasteiger partial charge in [-0.1, -0.05) is 18.6 Å². The number of benzene rings is 2. The monoisotopic (exact) mass is 507 g/mol. The van der Waals surface area contributed by atoms with Crippen LogP contribution in [-0.4, -0.2) is 59.2 Å². The number of aromatic nitrogens is 2. The van der Waals surface area contributed by atoms with Crippen LogP contribution in [0.15, 0.2) is 52.1 Å². The number of Topliss-reactive ketones (excluding diaryl/α,β-unsaturated/α-hetero) is 1. The van der Waals surface area contributed by atoms with Crippen LogP contribution in [0, 0.1) is 0 Å². The molecule has 2 aromatic carbocycles. The lowest BCUT2D eigenvalue weighted by molar-refractivity contribution is 0.101. The maximum Gasteiger partial charge on any atom is 0.331 e. The topological polar surface area (TPSA) is 115 Å². The summed E-state index contributed by atoms with van der Waals surface area (Å²) in [6.45, 7) is 5.02. The summed E-state index contributed by atoms with van der Waals surface area (Å²) in [4.78, 5) is 53.1. The van der Waals surface area contributed by atoms with Crippen molar-refractivity contribution in [3.8, 4) is 0 Å². The first-order chi connectivity index (χ1) is 17.9. The molecule has 0 unspecified atom stereocenters. The molecule has 2 heterocycles. The standard InChI is InChI=1S/C27H33N5O5/c1-19(33)20-7-6-8-21(17-20)28-26(35)29-22-9-10-24-23(18-22)25(34)32(15-16-37-2)27(36)31(24)14-13-30-11-4-3-5-12-30/h6-10,17-18H,3-5,11-16H2,1-2H3,(H2,28,29,35). The van der Waals surface area contributed by atoms with Crippen molar-refractivity contribution in [3.63, 3.8) is 0 Å². The molecule has 0 atom stereocenters. The summed E-state index contributed by atoms with van der Waals surface area (Å²) in [6.07, 6.45) is 3.53. The van der Waals surface area contributed by atoms with E-state index < -0.39 is 11.6 Å². The number of fused-ring (bicyclic) bond motifs is 1. The smallest absolute Gasteiger partial charge is 0.331 e. The third-order valence-corrected chi connectivity index (χ3v) is 6.62. The first-order valence-corrected chi connectivity index (χ1v) is 12.5. The second-order valence-electron chi connectivity index (χ2n) is 9.23. The number of piperidine rings is 1. The fourth-order valence-electron chi connectivity index (χ4n) is 4.63. The van der Waals surface area contributed by atoms with Crippen LogP contribution in [0.2, 0.25) is 0 Å². The maximum atomic E-state index is 13.3. The number of ether oxygens (including phenoxy) is 1. The van der Waals surface area contributed by atoms with Crippen molar-refractivity contribution in [1.82, 2.24) is 14.0 Å². The molecule has 2 N–H and O–H groups in total. The van der Waals surface area contributed by atoms with E-state index in [2.05, 4.69) is 15.5 Å². The molecular weight excluding hydrogens is 474 g/mol. The quantitative estimate of drug-likeness (QED) is 0.430. The number of carbonyl (C=O) groups is 2. The number of nitrogens with one attached hydrogen (secondary N) is 2. The zero-order valence-electron chi connectivity index (χ0n) is 21.3. The Balaban J connectivity index is 1.62. The van der Waals surface area contributed by atoms with Gasteiger partial charge in [-0.05, 0) is 63.2 Å². The molecule has 2 amide bonds. The van der Waals surface area contributed by atoms with Gasteiger partial charge in [-0.3, -0.25) is 18.7 Å². The van der Waals surface area contributed by atoms with Crippen LogP contribution >= 0.6 is 0 Å². The molecule has 0 aliphatic carbocycles. The Kier molecular flexibility index (Phi) is 8.52. The number of anilines is 2. The maximum absolute atomic E-state index is 13.3. The summed E-state index contributed by atoms with van der Waals surface area (Å²) in [6, 6.07) is 11.1. The lowest BCUT2D eigenvalue weighted by Gasteiger charge is -2.27. The number of urea groups is 1. The molecule has 1 fully saturated rings. The van der Waals surface area contributed by atoms with Crippen LogP contribution in [0.3, 0.4) is 0 Å².